The number of ether oxygens (including phenoxy) is 2. The minimum absolute atomic E-state index is 0.136. The Labute approximate surface area is 174 Å². The van der Waals surface area contributed by atoms with Gasteiger partial charge in [0.05, 0.1) is 16.1 Å². The second-order valence-corrected chi connectivity index (χ2v) is 8.79. The van der Waals surface area contributed by atoms with Crippen molar-refractivity contribution in [2.75, 3.05) is 23.5 Å². The molecule has 1 aliphatic heterocycles. The predicted molar refractivity (Wildman–Crippen MR) is 114 cm³/mol. The first-order valence-corrected chi connectivity index (χ1v) is 10.7. The average molecular weight is 424 g/mol. The largest absolute Gasteiger partial charge is 0.454 e. The van der Waals surface area contributed by atoms with Gasteiger partial charge >= 0.3 is 0 Å². The summed E-state index contributed by atoms with van der Waals surface area (Å²) < 4.78 is 37.9. The van der Waals surface area contributed by atoms with E-state index < -0.39 is 15.9 Å². The smallest absolute Gasteiger partial charge is 0.264 e. The molecule has 7 nitrogen and oxygen atoms in total. The summed E-state index contributed by atoms with van der Waals surface area (Å²) in [6.07, 6.45) is 0. The molecular formula is C22H20N2O5S. The Kier molecular flexibility index (Phi) is 5.09. The van der Waals surface area contributed by atoms with E-state index in [0.29, 0.717) is 17.2 Å². The maximum absolute atomic E-state index is 13.1. The maximum atomic E-state index is 13.1. The van der Waals surface area contributed by atoms with Crippen LogP contribution in [0.15, 0.2) is 71.6 Å². The molecule has 0 aromatic heterocycles. The van der Waals surface area contributed by atoms with Gasteiger partial charge in [-0.2, -0.15) is 0 Å². The van der Waals surface area contributed by atoms with Crippen LogP contribution in [0, 0.1) is 6.92 Å². The van der Waals surface area contributed by atoms with Gasteiger partial charge in [-0.25, -0.2) is 8.42 Å². The lowest BCUT2D eigenvalue weighted by molar-refractivity contribution is 0.102. The predicted octanol–water partition coefficient (Wildman–Crippen LogP) is 3.80. The number of aryl methyl sites for hydroxylation is 1. The standard InChI is InChI=1S/C22H20N2O5S/c1-15-7-10-17(11-8-15)30(26,27)24(2)19-6-4-3-5-18(19)22(25)23-16-9-12-20-21(13-16)29-14-28-20/h3-13H,14H2,1-2H3,(H,23,25). The fourth-order valence-corrected chi connectivity index (χ4v) is 4.33. The molecule has 0 atom stereocenters. The molecule has 1 amide bonds. The van der Waals surface area contributed by atoms with E-state index in [4.69, 9.17) is 9.47 Å². The van der Waals surface area contributed by atoms with Crippen LogP contribution in [0.2, 0.25) is 0 Å². The molecule has 0 unspecified atom stereocenters. The second-order valence-electron chi connectivity index (χ2n) is 6.82. The molecule has 0 spiro atoms. The van der Waals surface area contributed by atoms with Crippen molar-refractivity contribution in [3.63, 3.8) is 0 Å². The van der Waals surface area contributed by atoms with E-state index in [1.54, 1.807) is 66.7 Å². The van der Waals surface area contributed by atoms with E-state index >= 15 is 0 Å². The van der Waals surface area contributed by atoms with Gasteiger partial charge in [0.15, 0.2) is 11.5 Å². The molecule has 1 heterocycles. The zero-order valence-electron chi connectivity index (χ0n) is 16.5. The number of hydrogen-bond acceptors (Lipinski definition) is 5. The van der Waals surface area contributed by atoms with E-state index in [2.05, 4.69) is 5.32 Å². The Morgan fingerprint density at radius 2 is 1.67 bits per heavy atom. The highest BCUT2D eigenvalue weighted by atomic mass is 32.2. The SMILES string of the molecule is Cc1ccc(S(=O)(=O)N(C)c2ccccc2C(=O)Nc2ccc3c(c2)OCO3)cc1. The van der Waals surface area contributed by atoms with Gasteiger partial charge < -0.3 is 14.8 Å². The number of sulfonamides is 1. The summed E-state index contributed by atoms with van der Waals surface area (Å²) in [4.78, 5) is 13.1. The van der Waals surface area contributed by atoms with E-state index in [1.165, 1.54) is 7.05 Å². The van der Waals surface area contributed by atoms with Gasteiger partial charge in [0.1, 0.15) is 0 Å². The number of para-hydroxylation sites is 1. The molecule has 3 aromatic rings. The number of fused-ring (bicyclic) bond motifs is 1. The van der Waals surface area contributed by atoms with Crippen LogP contribution in [0.25, 0.3) is 0 Å². The minimum Gasteiger partial charge on any atom is -0.454 e. The van der Waals surface area contributed by atoms with E-state index in [0.717, 1.165) is 9.87 Å². The minimum atomic E-state index is -3.83. The number of rotatable bonds is 5. The molecule has 4 rings (SSSR count). The topological polar surface area (TPSA) is 84.9 Å². The van der Waals surface area contributed by atoms with Crippen molar-refractivity contribution in [1.29, 1.82) is 0 Å². The fraction of sp³-hybridized carbons (Fsp3) is 0.136. The zero-order chi connectivity index (χ0) is 21.3. The molecule has 0 radical (unpaired) electrons. The van der Waals surface area contributed by atoms with E-state index in [9.17, 15) is 13.2 Å². The summed E-state index contributed by atoms with van der Waals surface area (Å²) >= 11 is 0. The fourth-order valence-electron chi connectivity index (χ4n) is 3.11. The van der Waals surface area contributed by atoms with Crippen LogP contribution in [0.1, 0.15) is 15.9 Å². The number of anilines is 2. The normalized spacial score (nSPS) is 12.5. The average Bonchev–Trinajstić information content (AvgIpc) is 3.21. The Morgan fingerprint density at radius 3 is 2.43 bits per heavy atom. The van der Waals surface area contributed by atoms with Gasteiger partial charge in [-0.3, -0.25) is 9.10 Å². The summed E-state index contributed by atoms with van der Waals surface area (Å²) in [5.41, 5.74) is 1.98. The van der Waals surface area contributed by atoms with E-state index in [1.807, 2.05) is 6.92 Å². The molecule has 1 N–H and O–H groups in total. The summed E-state index contributed by atoms with van der Waals surface area (Å²) in [6.45, 7) is 2.02. The Hall–Kier alpha value is -3.52. The van der Waals surface area contributed by atoms with Crippen molar-refractivity contribution in [2.24, 2.45) is 0 Å². The van der Waals surface area contributed by atoms with Gasteiger partial charge in [0.25, 0.3) is 15.9 Å². The van der Waals surface area contributed by atoms with Crippen LogP contribution in [0.5, 0.6) is 11.5 Å². The lowest BCUT2D eigenvalue weighted by atomic mass is 10.1. The van der Waals surface area contributed by atoms with Gasteiger partial charge in [0, 0.05) is 18.8 Å². The lowest BCUT2D eigenvalue weighted by Crippen LogP contribution is -2.29. The molecule has 0 fully saturated rings. The van der Waals surface area contributed by atoms with Crippen LogP contribution >= 0.6 is 0 Å². The molecule has 0 saturated carbocycles. The van der Waals surface area contributed by atoms with Crippen LogP contribution < -0.4 is 19.1 Å². The van der Waals surface area contributed by atoms with Gasteiger partial charge in [0.2, 0.25) is 6.79 Å². The summed E-state index contributed by atoms with van der Waals surface area (Å²) in [5, 5.41) is 2.79. The molecule has 3 aromatic carbocycles. The Bertz CT molecular complexity index is 1210. The van der Waals surface area contributed by atoms with Gasteiger partial charge in [-0.05, 0) is 43.3 Å². The number of hydrogen-bond donors (Lipinski definition) is 1. The Morgan fingerprint density at radius 1 is 0.967 bits per heavy atom. The lowest BCUT2D eigenvalue weighted by Gasteiger charge is -2.22. The third kappa shape index (κ3) is 3.69. The molecular weight excluding hydrogens is 404 g/mol. The summed E-state index contributed by atoms with van der Waals surface area (Å²) in [7, 11) is -2.40. The van der Waals surface area contributed by atoms with Crippen LogP contribution in [0.3, 0.4) is 0 Å². The van der Waals surface area contributed by atoms with Crippen LogP contribution in [-0.4, -0.2) is 28.2 Å². The molecule has 30 heavy (non-hydrogen) atoms. The first kappa shape index (κ1) is 19.8. The summed E-state index contributed by atoms with van der Waals surface area (Å²) in [5.74, 6) is 0.716. The molecule has 0 saturated heterocycles. The van der Waals surface area contributed by atoms with Gasteiger partial charge in [-0.15, -0.1) is 0 Å². The third-order valence-corrected chi connectivity index (χ3v) is 6.58. The molecule has 154 valence electrons. The number of nitrogens with zero attached hydrogens (tertiary/aromatic N) is 1. The van der Waals surface area contributed by atoms with Crippen LogP contribution in [0.4, 0.5) is 11.4 Å². The molecule has 8 heteroatoms. The first-order chi connectivity index (χ1) is 14.4. The van der Waals surface area contributed by atoms with Gasteiger partial charge in [-0.1, -0.05) is 29.8 Å². The monoisotopic (exact) mass is 424 g/mol. The highest BCUT2D eigenvalue weighted by Crippen LogP contribution is 2.34. The highest BCUT2D eigenvalue weighted by molar-refractivity contribution is 7.92. The Balaban J connectivity index is 1.63. The number of amides is 1. The number of nitrogens with one attached hydrogen (secondary N) is 1. The number of benzene rings is 3. The van der Waals surface area contributed by atoms with Crippen molar-refractivity contribution in [1.82, 2.24) is 0 Å². The van der Waals surface area contributed by atoms with Crippen LogP contribution in [-0.2, 0) is 10.0 Å². The quantitative estimate of drug-likeness (QED) is 0.673. The van der Waals surface area contributed by atoms with Crippen molar-refractivity contribution in [2.45, 2.75) is 11.8 Å². The van der Waals surface area contributed by atoms with Crippen molar-refractivity contribution >= 4 is 27.3 Å². The van der Waals surface area contributed by atoms with Crippen molar-refractivity contribution < 1.29 is 22.7 Å². The summed E-state index contributed by atoms with van der Waals surface area (Å²) in [6, 6.07) is 18.2. The third-order valence-electron chi connectivity index (χ3n) is 4.80. The molecule has 0 bridgehead atoms. The van der Waals surface area contributed by atoms with E-state index in [-0.39, 0.29) is 22.9 Å². The molecule has 0 aliphatic carbocycles. The van der Waals surface area contributed by atoms with Crippen molar-refractivity contribution in [3.05, 3.63) is 77.9 Å². The highest BCUT2D eigenvalue weighted by Gasteiger charge is 2.25. The first-order valence-electron chi connectivity index (χ1n) is 9.22. The second kappa shape index (κ2) is 7.72. The molecule has 1 aliphatic rings. The van der Waals surface area contributed by atoms with Crippen molar-refractivity contribution in [3.8, 4) is 11.5 Å². The number of carbonyl (C=O) groups is 1. The zero-order valence-corrected chi connectivity index (χ0v) is 17.3. The number of carbonyl (C=O) groups excluding carboxylic acids is 1. The maximum Gasteiger partial charge on any atom is 0.264 e.